The molecular weight excluding hydrogens is 353 g/mol. The molecule has 1 saturated heterocycles. The van der Waals surface area contributed by atoms with Crippen LogP contribution in [0.1, 0.15) is 23.2 Å². The molecule has 0 bridgehead atoms. The van der Waals surface area contributed by atoms with Crippen LogP contribution in [0.2, 0.25) is 5.02 Å². The molecule has 1 amide bonds. The number of hydrogen-bond acceptors (Lipinski definition) is 2. The minimum atomic E-state index is -0.390. The lowest BCUT2D eigenvalue weighted by Gasteiger charge is -2.36. The number of hydrogen-bond donors (Lipinski definition) is 1. The van der Waals surface area contributed by atoms with E-state index in [2.05, 4.69) is 21.2 Å². The van der Waals surface area contributed by atoms with Crippen molar-refractivity contribution in [3.63, 3.8) is 0 Å². The van der Waals surface area contributed by atoms with Crippen LogP contribution in [0.15, 0.2) is 22.7 Å². The van der Waals surface area contributed by atoms with Gasteiger partial charge >= 0.3 is 0 Å². The Labute approximate surface area is 130 Å². The average molecular weight is 367 g/mol. The van der Waals surface area contributed by atoms with E-state index in [1.54, 1.807) is 18.2 Å². The maximum atomic E-state index is 12.4. The Bertz CT molecular complexity index is 476. The monoisotopic (exact) mass is 365 g/mol. The van der Waals surface area contributed by atoms with Crippen LogP contribution in [0.5, 0.6) is 0 Å². The van der Waals surface area contributed by atoms with E-state index in [1.165, 1.54) is 0 Å². The highest BCUT2D eigenvalue weighted by atomic mass is 79.9. The van der Waals surface area contributed by atoms with Gasteiger partial charge in [0.15, 0.2) is 0 Å². The number of ether oxygens (including phenoxy) is 1. The zero-order valence-electron chi connectivity index (χ0n) is 10.2. The molecule has 1 fully saturated rings. The maximum Gasteiger partial charge on any atom is 0.252 e. The fraction of sp³-hybridized carbons (Fsp3) is 0.462. The molecule has 0 atom stereocenters. The quantitative estimate of drug-likeness (QED) is 0.829. The third-order valence-corrected chi connectivity index (χ3v) is 4.70. The van der Waals surface area contributed by atoms with Crippen LogP contribution < -0.4 is 5.32 Å². The first-order valence-electron chi connectivity index (χ1n) is 5.98. The predicted octanol–water partition coefficient (Wildman–Crippen LogP) is 3.62. The third kappa shape index (κ3) is 3.63. The molecule has 19 heavy (non-hydrogen) atoms. The van der Waals surface area contributed by atoms with Gasteiger partial charge in [0.1, 0.15) is 0 Å². The van der Waals surface area contributed by atoms with Gasteiger partial charge in [-0.2, -0.15) is 0 Å². The summed E-state index contributed by atoms with van der Waals surface area (Å²) in [7, 11) is 0. The number of nitrogens with one attached hydrogen (secondary N) is 1. The number of rotatable bonds is 3. The van der Waals surface area contributed by atoms with Gasteiger partial charge < -0.3 is 10.1 Å². The number of carbonyl (C=O) groups is 1. The first kappa shape index (κ1) is 15.1. The lowest BCUT2D eigenvalue weighted by Crippen LogP contribution is -2.53. The molecule has 0 aliphatic carbocycles. The van der Waals surface area contributed by atoms with Crippen molar-refractivity contribution in [2.45, 2.75) is 18.4 Å². The number of halogens is 3. The summed E-state index contributed by atoms with van der Waals surface area (Å²) in [4.78, 5) is 12.4. The van der Waals surface area contributed by atoms with E-state index >= 15 is 0 Å². The summed E-state index contributed by atoms with van der Waals surface area (Å²) in [6.07, 6.45) is 1.45. The standard InChI is InChI=1S/C13H14BrCl2NO2/c14-11-2-1-9(16)7-10(11)12(18)17-13(8-15)3-5-19-6-4-13/h1-2,7H,3-6,8H2,(H,17,18). The lowest BCUT2D eigenvalue weighted by molar-refractivity contribution is 0.0433. The third-order valence-electron chi connectivity index (χ3n) is 3.26. The molecule has 104 valence electrons. The molecule has 1 aromatic rings. The van der Waals surface area contributed by atoms with Crippen molar-refractivity contribution in [2.24, 2.45) is 0 Å². The summed E-state index contributed by atoms with van der Waals surface area (Å²) in [5.74, 6) is 0.206. The topological polar surface area (TPSA) is 38.3 Å². The van der Waals surface area contributed by atoms with Crippen molar-refractivity contribution in [3.05, 3.63) is 33.3 Å². The summed E-state index contributed by atoms with van der Waals surface area (Å²) >= 11 is 15.3. The van der Waals surface area contributed by atoms with Gasteiger partial charge in [0.05, 0.1) is 11.1 Å². The Hall–Kier alpha value is -0.290. The van der Waals surface area contributed by atoms with E-state index in [1.807, 2.05) is 0 Å². The fourth-order valence-electron chi connectivity index (χ4n) is 2.03. The van der Waals surface area contributed by atoms with Gasteiger partial charge in [-0.25, -0.2) is 0 Å². The molecule has 0 saturated carbocycles. The Morgan fingerprint density at radius 2 is 2.11 bits per heavy atom. The van der Waals surface area contributed by atoms with Gasteiger partial charge in [-0.15, -0.1) is 11.6 Å². The fourth-order valence-corrected chi connectivity index (χ4v) is 2.97. The summed E-state index contributed by atoms with van der Waals surface area (Å²) in [5, 5.41) is 3.55. The van der Waals surface area contributed by atoms with Gasteiger partial charge in [0.2, 0.25) is 0 Å². The van der Waals surface area contributed by atoms with E-state index in [-0.39, 0.29) is 5.91 Å². The molecular formula is C13H14BrCl2NO2. The van der Waals surface area contributed by atoms with Crippen molar-refractivity contribution >= 4 is 45.0 Å². The van der Waals surface area contributed by atoms with Crippen molar-refractivity contribution in [1.29, 1.82) is 0 Å². The highest BCUT2D eigenvalue weighted by molar-refractivity contribution is 9.10. The molecule has 0 unspecified atom stereocenters. The number of benzene rings is 1. The lowest BCUT2D eigenvalue weighted by atomic mass is 9.92. The van der Waals surface area contributed by atoms with Crippen LogP contribution in [-0.4, -0.2) is 30.5 Å². The van der Waals surface area contributed by atoms with E-state index in [4.69, 9.17) is 27.9 Å². The number of carbonyl (C=O) groups excluding carboxylic acids is 1. The van der Waals surface area contributed by atoms with Crippen LogP contribution in [0.3, 0.4) is 0 Å². The van der Waals surface area contributed by atoms with Gasteiger partial charge in [0, 0.05) is 28.6 Å². The van der Waals surface area contributed by atoms with Crippen LogP contribution >= 0.6 is 39.1 Å². The number of amides is 1. The van der Waals surface area contributed by atoms with Crippen LogP contribution in [-0.2, 0) is 4.74 Å². The minimum absolute atomic E-state index is 0.170. The molecule has 0 spiro atoms. The smallest absolute Gasteiger partial charge is 0.252 e. The van der Waals surface area contributed by atoms with Crippen LogP contribution in [0, 0.1) is 0 Å². The molecule has 1 heterocycles. The van der Waals surface area contributed by atoms with Gasteiger partial charge in [-0.1, -0.05) is 11.6 Å². The van der Waals surface area contributed by atoms with Gasteiger partial charge in [-0.3, -0.25) is 4.79 Å². The molecule has 6 heteroatoms. The van der Waals surface area contributed by atoms with Gasteiger partial charge in [-0.05, 0) is 47.0 Å². The second kappa shape index (κ2) is 6.44. The van der Waals surface area contributed by atoms with Crippen molar-refractivity contribution in [2.75, 3.05) is 19.1 Å². The molecule has 1 aliphatic rings. The predicted molar refractivity (Wildman–Crippen MR) is 80.1 cm³/mol. The largest absolute Gasteiger partial charge is 0.381 e. The second-order valence-corrected chi connectivity index (χ2v) is 6.16. The molecule has 1 aromatic carbocycles. The summed E-state index contributed by atoms with van der Waals surface area (Å²) in [6, 6.07) is 5.13. The van der Waals surface area contributed by atoms with E-state index in [0.29, 0.717) is 34.2 Å². The summed E-state index contributed by atoms with van der Waals surface area (Å²) in [6.45, 7) is 1.23. The average Bonchev–Trinajstić information content (AvgIpc) is 2.42. The molecule has 0 aromatic heterocycles. The molecule has 3 nitrogen and oxygen atoms in total. The Kier molecular flexibility index (Phi) is 5.12. The maximum absolute atomic E-state index is 12.4. The van der Waals surface area contributed by atoms with Crippen LogP contribution in [0.4, 0.5) is 0 Å². The van der Waals surface area contributed by atoms with Gasteiger partial charge in [0.25, 0.3) is 5.91 Å². The summed E-state index contributed by atoms with van der Waals surface area (Å²) in [5.41, 5.74) is 0.127. The zero-order chi connectivity index (χ0) is 13.9. The molecule has 0 radical (unpaired) electrons. The Balaban J connectivity index is 2.17. The normalized spacial score (nSPS) is 18.1. The summed E-state index contributed by atoms with van der Waals surface area (Å²) < 4.78 is 6.03. The molecule has 2 rings (SSSR count). The first-order chi connectivity index (χ1) is 9.06. The van der Waals surface area contributed by atoms with E-state index in [9.17, 15) is 4.79 Å². The van der Waals surface area contributed by atoms with E-state index in [0.717, 1.165) is 12.8 Å². The zero-order valence-corrected chi connectivity index (χ0v) is 13.3. The highest BCUT2D eigenvalue weighted by Gasteiger charge is 2.33. The SMILES string of the molecule is O=C(NC1(CCl)CCOCC1)c1cc(Cl)ccc1Br. The Morgan fingerprint density at radius 1 is 1.42 bits per heavy atom. The number of alkyl halides is 1. The highest BCUT2D eigenvalue weighted by Crippen LogP contribution is 2.25. The molecule has 1 aliphatic heterocycles. The van der Waals surface area contributed by atoms with Crippen molar-refractivity contribution in [3.8, 4) is 0 Å². The van der Waals surface area contributed by atoms with E-state index < -0.39 is 5.54 Å². The molecule has 1 N–H and O–H groups in total. The second-order valence-electron chi connectivity index (χ2n) is 4.60. The Morgan fingerprint density at radius 3 is 2.74 bits per heavy atom. The van der Waals surface area contributed by atoms with Crippen molar-refractivity contribution < 1.29 is 9.53 Å². The van der Waals surface area contributed by atoms with Crippen molar-refractivity contribution in [1.82, 2.24) is 5.32 Å². The van der Waals surface area contributed by atoms with Crippen LogP contribution in [0.25, 0.3) is 0 Å². The first-order valence-corrected chi connectivity index (χ1v) is 7.68. The minimum Gasteiger partial charge on any atom is -0.381 e.